The van der Waals surface area contributed by atoms with Crippen LogP contribution in [0, 0.1) is 0 Å². The maximum Gasteiger partial charge on any atom is 0.342 e. The average Bonchev–Trinajstić information content (AvgIpc) is 2.88. The van der Waals surface area contributed by atoms with E-state index in [4.69, 9.17) is 13.9 Å². The second kappa shape index (κ2) is 9.83. The highest BCUT2D eigenvalue weighted by molar-refractivity contribution is 6.06. The third-order valence-corrected chi connectivity index (χ3v) is 5.95. The quantitative estimate of drug-likeness (QED) is 0.260. The van der Waals surface area contributed by atoms with Crippen molar-refractivity contribution >= 4 is 45.7 Å². The normalized spacial score (nSPS) is 11.3. The molecule has 0 radical (unpaired) electrons. The number of rotatable bonds is 7. The molecule has 174 valence electrons. The van der Waals surface area contributed by atoms with Gasteiger partial charge in [-0.1, -0.05) is 48.5 Å². The van der Waals surface area contributed by atoms with Crippen molar-refractivity contribution < 1.29 is 18.7 Å². The largest absolute Gasteiger partial charge is 0.496 e. The first-order valence-corrected chi connectivity index (χ1v) is 11.2. The number of ether oxygens (including phenoxy) is 2. The summed E-state index contributed by atoms with van der Waals surface area (Å²) in [7, 11) is 2.82. The van der Waals surface area contributed by atoms with E-state index in [1.54, 1.807) is 30.4 Å². The monoisotopic (exact) mass is 457 g/mol. The fraction of sp³-hybridized carbons (Fsp3) is 0.214. The molecule has 0 unspecified atom stereocenters. The molecule has 3 aromatic carbocycles. The van der Waals surface area contributed by atoms with Gasteiger partial charge in [-0.15, -0.1) is 0 Å². The van der Waals surface area contributed by atoms with Gasteiger partial charge in [-0.25, -0.2) is 4.79 Å². The number of benzene rings is 3. The Labute approximate surface area is 198 Å². The van der Waals surface area contributed by atoms with Crippen molar-refractivity contribution in [2.75, 3.05) is 32.2 Å². The number of nitrogens with zero attached hydrogens (tertiary/aromatic N) is 1. The molecule has 1 heterocycles. The Morgan fingerprint density at radius 3 is 2.44 bits per heavy atom. The van der Waals surface area contributed by atoms with E-state index in [-0.39, 0.29) is 5.43 Å². The van der Waals surface area contributed by atoms with Crippen molar-refractivity contribution in [1.82, 2.24) is 0 Å². The highest BCUT2D eigenvalue weighted by Crippen LogP contribution is 2.31. The highest BCUT2D eigenvalue weighted by atomic mass is 16.5. The van der Waals surface area contributed by atoms with Crippen LogP contribution < -0.4 is 15.1 Å². The van der Waals surface area contributed by atoms with E-state index in [9.17, 15) is 9.59 Å². The van der Waals surface area contributed by atoms with Crippen LogP contribution in [-0.2, 0) is 4.74 Å². The number of methoxy groups -OCH3 is 2. The van der Waals surface area contributed by atoms with Gasteiger partial charge >= 0.3 is 5.97 Å². The first-order valence-electron chi connectivity index (χ1n) is 11.2. The lowest BCUT2D eigenvalue weighted by atomic mass is 10.0. The van der Waals surface area contributed by atoms with Crippen LogP contribution in [0.5, 0.6) is 5.75 Å². The van der Waals surface area contributed by atoms with Crippen LogP contribution in [-0.4, -0.2) is 33.3 Å². The first-order chi connectivity index (χ1) is 16.5. The third-order valence-electron chi connectivity index (χ3n) is 5.95. The molecule has 0 N–H and O–H groups in total. The Bertz CT molecular complexity index is 1450. The van der Waals surface area contributed by atoms with Crippen molar-refractivity contribution in [3.05, 3.63) is 81.5 Å². The van der Waals surface area contributed by atoms with Gasteiger partial charge in [-0.2, -0.15) is 0 Å². The molecule has 0 aliphatic heterocycles. The molecule has 6 heteroatoms. The molecule has 0 saturated heterocycles. The van der Waals surface area contributed by atoms with Crippen molar-refractivity contribution in [3.63, 3.8) is 0 Å². The molecule has 0 spiro atoms. The number of hydrogen-bond donors (Lipinski definition) is 0. The van der Waals surface area contributed by atoms with Crippen LogP contribution in [0.3, 0.4) is 0 Å². The summed E-state index contributed by atoms with van der Waals surface area (Å²) in [5, 5.41) is 2.34. The Morgan fingerprint density at radius 2 is 1.74 bits per heavy atom. The first kappa shape index (κ1) is 23.1. The fourth-order valence-corrected chi connectivity index (χ4v) is 4.21. The molecule has 0 saturated carbocycles. The van der Waals surface area contributed by atoms with Gasteiger partial charge in [0.1, 0.15) is 16.9 Å². The van der Waals surface area contributed by atoms with Crippen molar-refractivity contribution in [2.24, 2.45) is 0 Å². The zero-order valence-electron chi connectivity index (χ0n) is 19.8. The zero-order valence-corrected chi connectivity index (χ0v) is 19.8. The number of fused-ring (bicyclic) bond motifs is 3. The Morgan fingerprint density at radius 1 is 0.971 bits per heavy atom. The minimum atomic E-state index is -0.516. The number of hydrogen-bond acceptors (Lipinski definition) is 6. The molecular weight excluding hydrogens is 430 g/mol. The summed E-state index contributed by atoms with van der Waals surface area (Å²) in [6.07, 6.45) is 3.44. The van der Waals surface area contributed by atoms with Crippen LogP contribution in [0.2, 0.25) is 0 Å². The van der Waals surface area contributed by atoms with Gasteiger partial charge in [-0.05, 0) is 48.4 Å². The Balaban J connectivity index is 2.00. The zero-order chi connectivity index (χ0) is 24.2. The van der Waals surface area contributed by atoms with Gasteiger partial charge in [0.25, 0.3) is 0 Å². The van der Waals surface area contributed by atoms with Crippen LogP contribution in [0.1, 0.15) is 35.3 Å². The van der Waals surface area contributed by atoms with Crippen molar-refractivity contribution in [1.29, 1.82) is 0 Å². The van der Waals surface area contributed by atoms with Crippen molar-refractivity contribution in [2.45, 2.75) is 13.8 Å². The van der Waals surface area contributed by atoms with Gasteiger partial charge in [-0.3, -0.25) is 4.79 Å². The summed E-state index contributed by atoms with van der Waals surface area (Å²) in [4.78, 5) is 28.3. The van der Waals surface area contributed by atoms with E-state index in [0.29, 0.717) is 52.4 Å². The molecule has 0 aliphatic rings. The van der Waals surface area contributed by atoms with E-state index in [0.717, 1.165) is 10.8 Å². The maximum absolute atomic E-state index is 13.9. The van der Waals surface area contributed by atoms with E-state index >= 15 is 0 Å². The lowest BCUT2D eigenvalue weighted by Crippen LogP contribution is -2.25. The van der Waals surface area contributed by atoms with Gasteiger partial charge in [0.05, 0.1) is 25.2 Å². The van der Waals surface area contributed by atoms with E-state index in [1.165, 1.54) is 14.2 Å². The van der Waals surface area contributed by atoms with Gasteiger partial charge in [0.15, 0.2) is 0 Å². The van der Waals surface area contributed by atoms with Crippen LogP contribution >= 0.6 is 0 Å². The molecule has 4 aromatic rings. The minimum Gasteiger partial charge on any atom is -0.496 e. The molecule has 1 aromatic heterocycles. The minimum absolute atomic E-state index is 0.126. The molecule has 4 rings (SSSR count). The summed E-state index contributed by atoms with van der Waals surface area (Å²) in [6.45, 7) is 5.37. The standard InChI is InChI=1S/C28H27NO5/c1-5-29(6-2)27-21(16-14-19-11-9-13-22(32-3)24(19)28(31)33-4)26(30)25-20-12-8-7-10-18(20)15-17-23(25)34-27/h7-17H,5-6H2,1-4H3/b16-14+. The van der Waals surface area contributed by atoms with E-state index < -0.39 is 5.97 Å². The highest BCUT2D eigenvalue weighted by Gasteiger charge is 2.20. The number of esters is 1. The molecule has 0 fully saturated rings. The summed E-state index contributed by atoms with van der Waals surface area (Å²) in [5.74, 6) is 0.378. The summed E-state index contributed by atoms with van der Waals surface area (Å²) < 4.78 is 16.6. The van der Waals surface area contributed by atoms with Gasteiger partial charge < -0.3 is 18.8 Å². The molecular formula is C28H27NO5. The predicted octanol–water partition coefficient (Wildman–Crippen LogP) is 5.76. The summed E-state index contributed by atoms with van der Waals surface area (Å²) in [5.41, 5.74) is 1.71. The summed E-state index contributed by atoms with van der Waals surface area (Å²) in [6, 6.07) is 16.8. The lowest BCUT2D eigenvalue weighted by molar-refractivity contribution is 0.0597. The molecule has 6 nitrogen and oxygen atoms in total. The Kier molecular flexibility index (Phi) is 6.68. The van der Waals surface area contributed by atoms with Gasteiger partial charge in [0.2, 0.25) is 11.3 Å². The molecule has 0 amide bonds. The third kappa shape index (κ3) is 4.03. The Hall–Kier alpha value is -4.06. The van der Waals surface area contributed by atoms with Crippen LogP contribution in [0.25, 0.3) is 33.9 Å². The van der Waals surface area contributed by atoms with Gasteiger partial charge in [0, 0.05) is 13.1 Å². The average molecular weight is 458 g/mol. The molecule has 0 bridgehead atoms. The number of carbonyl (C=O) groups is 1. The second-order valence-corrected chi connectivity index (χ2v) is 7.73. The smallest absolute Gasteiger partial charge is 0.342 e. The topological polar surface area (TPSA) is 69.0 Å². The summed E-state index contributed by atoms with van der Waals surface area (Å²) >= 11 is 0. The second-order valence-electron chi connectivity index (χ2n) is 7.73. The number of anilines is 1. The van der Waals surface area contributed by atoms with Crippen LogP contribution in [0.4, 0.5) is 5.88 Å². The van der Waals surface area contributed by atoms with E-state index in [1.807, 2.05) is 55.1 Å². The molecule has 0 atom stereocenters. The molecule has 0 aliphatic carbocycles. The SMILES string of the molecule is CCN(CC)c1oc2ccc3ccccc3c2c(=O)c1/C=C/c1cccc(OC)c1C(=O)OC. The maximum atomic E-state index is 13.9. The number of carbonyl (C=O) groups excluding carboxylic acids is 1. The lowest BCUT2D eigenvalue weighted by Gasteiger charge is -2.21. The van der Waals surface area contributed by atoms with Crippen molar-refractivity contribution in [3.8, 4) is 5.75 Å². The van der Waals surface area contributed by atoms with Crippen LogP contribution in [0.15, 0.2) is 63.8 Å². The fourth-order valence-electron chi connectivity index (χ4n) is 4.21. The van der Waals surface area contributed by atoms with E-state index in [2.05, 4.69) is 0 Å². The predicted molar refractivity (Wildman–Crippen MR) is 137 cm³/mol. The molecule has 34 heavy (non-hydrogen) atoms.